The predicted octanol–water partition coefficient (Wildman–Crippen LogP) is 2.13. The first-order valence-electron chi connectivity index (χ1n) is 7.39. The molecule has 4 rings (SSSR count). The Labute approximate surface area is 145 Å². The number of hydrogen-bond acceptors (Lipinski definition) is 5. The van der Waals surface area contributed by atoms with Crippen LogP contribution in [0.4, 0.5) is 31.5 Å². The van der Waals surface area contributed by atoms with Crippen LogP contribution in [0.25, 0.3) is 0 Å². The highest BCUT2D eigenvalue weighted by molar-refractivity contribution is 6.00. The van der Waals surface area contributed by atoms with Crippen LogP contribution in [0.15, 0.2) is 24.3 Å². The molecule has 4 N–H and O–H groups in total. The fraction of sp³-hybridized carbons (Fsp3) is 0.125. The summed E-state index contributed by atoms with van der Waals surface area (Å²) in [6.45, 7) is 0. The lowest BCUT2D eigenvalue weighted by Crippen LogP contribution is -2.04. The van der Waals surface area contributed by atoms with Crippen molar-refractivity contribution in [2.24, 2.45) is 0 Å². The van der Waals surface area contributed by atoms with Crippen molar-refractivity contribution in [3.05, 3.63) is 57.1 Å². The van der Waals surface area contributed by atoms with Crippen LogP contribution in [0.2, 0.25) is 0 Å². The van der Waals surface area contributed by atoms with Crippen molar-refractivity contribution in [1.82, 2.24) is 0 Å². The van der Waals surface area contributed by atoms with E-state index in [1.807, 2.05) is 0 Å². The minimum absolute atomic E-state index is 0.00602. The lowest BCUT2D eigenvalue weighted by atomic mass is 10.1. The van der Waals surface area contributed by atoms with Crippen LogP contribution in [0.5, 0.6) is 0 Å². The molecular weight excluding hydrogens is 350 g/mol. The Kier molecular flexibility index (Phi) is 4.24. The zero-order chi connectivity index (χ0) is 19.0. The molecule has 134 valence electrons. The van der Waals surface area contributed by atoms with Crippen LogP contribution in [-0.4, -0.2) is 16.7 Å². The summed E-state index contributed by atoms with van der Waals surface area (Å²) in [6.07, 6.45) is 0.214. The van der Waals surface area contributed by atoms with E-state index in [0.29, 0.717) is 16.8 Å². The summed E-state index contributed by atoms with van der Waals surface area (Å²) in [5, 5.41) is 15.1. The molecule has 8 nitrogen and oxygen atoms in total. The molecule has 2 heterocycles. The Bertz CT molecular complexity index is 962. The molecule has 0 spiro atoms. The van der Waals surface area contributed by atoms with Crippen molar-refractivity contribution in [3.63, 3.8) is 0 Å². The molecule has 10 heteroatoms. The normalized spacial score (nSPS) is 13.9. The van der Waals surface area contributed by atoms with E-state index in [4.69, 9.17) is 5.73 Å². The Morgan fingerprint density at radius 1 is 0.923 bits per heavy atom. The lowest BCUT2D eigenvalue weighted by molar-refractivity contribution is -0.385. The highest BCUT2D eigenvalue weighted by Crippen LogP contribution is 2.30. The first kappa shape index (κ1) is 17.3. The molecule has 0 radical (unpaired) electrons. The Balaban J connectivity index is 0.000000152. The molecule has 2 aromatic rings. The molecule has 26 heavy (non-hydrogen) atoms. The number of rotatable bonds is 1. The Morgan fingerprint density at radius 3 is 1.96 bits per heavy atom. The second kappa shape index (κ2) is 6.39. The van der Waals surface area contributed by atoms with Crippen molar-refractivity contribution >= 4 is 34.6 Å². The van der Waals surface area contributed by atoms with Gasteiger partial charge >= 0.3 is 0 Å². The van der Waals surface area contributed by atoms with Gasteiger partial charge in [-0.15, -0.1) is 0 Å². The first-order valence-corrected chi connectivity index (χ1v) is 7.39. The number of nitrogens with one attached hydrogen (secondary N) is 2. The number of nitrogen functional groups attached to an aromatic ring is 1. The second-order valence-corrected chi connectivity index (χ2v) is 5.71. The van der Waals surface area contributed by atoms with Gasteiger partial charge in [0.1, 0.15) is 5.82 Å². The molecule has 2 aliphatic rings. The van der Waals surface area contributed by atoms with Gasteiger partial charge in [0, 0.05) is 11.8 Å². The van der Waals surface area contributed by atoms with E-state index in [9.17, 15) is 28.5 Å². The summed E-state index contributed by atoms with van der Waals surface area (Å²) in [5.74, 6) is -1.76. The van der Waals surface area contributed by atoms with Gasteiger partial charge in [-0.2, -0.15) is 0 Å². The predicted molar refractivity (Wildman–Crippen MR) is 88.5 cm³/mol. The van der Waals surface area contributed by atoms with Crippen LogP contribution in [-0.2, 0) is 22.4 Å². The summed E-state index contributed by atoms with van der Waals surface area (Å²) in [5.41, 5.74) is 6.71. The maximum absolute atomic E-state index is 13.2. The number of nitrogens with zero attached hydrogens (tertiary/aromatic N) is 1. The number of nitrogens with two attached hydrogens (primary N) is 1. The summed E-state index contributed by atoms with van der Waals surface area (Å²) < 4.78 is 26.2. The Hall–Kier alpha value is -3.56. The maximum Gasteiger partial charge on any atom is 0.272 e. The molecule has 0 saturated carbocycles. The number of anilines is 3. The third kappa shape index (κ3) is 3.29. The minimum atomic E-state index is -0.764. The summed E-state index contributed by atoms with van der Waals surface area (Å²) >= 11 is 0. The number of fused-ring (bicyclic) bond motifs is 2. The fourth-order valence-electron chi connectivity index (χ4n) is 2.71. The molecule has 0 unspecified atom stereocenters. The van der Waals surface area contributed by atoms with Gasteiger partial charge < -0.3 is 16.4 Å². The van der Waals surface area contributed by atoms with Crippen LogP contribution in [0.1, 0.15) is 11.1 Å². The van der Waals surface area contributed by atoms with Crippen LogP contribution >= 0.6 is 0 Å². The third-order valence-corrected chi connectivity index (χ3v) is 3.79. The molecule has 2 aliphatic heterocycles. The van der Waals surface area contributed by atoms with Crippen molar-refractivity contribution in [2.45, 2.75) is 12.8 Å². The molecule has 2 aromatic carbocycles. The zero-order valence-corrected chi connectivity index (χ0v) is 13.1. The summed E-state index contributed by atoms with van der Waals surface area (Å²) in [6, 6.07) is 4.81. The number of halogens is 2. The molecule has 2 amide bonds. The van der Waals surface area contributed by atoms with Crippen LogP contribution in [0, 0.1) is 21.7 Å². The van der Waals surface area contributed by atoms with Crippen molar-refractivity contribution in [1.29, 1.82) is 0 Å². The number of non-ortho nitro benzene ring substituents is 1. The molecule has 0 fully saturated rings. The highest BCUT2D eigenvalue weighted by atomic mass is 19.1. The molecule has 0 aliphatic carbocycles. The third-order valence-electron chi connectivity index (χ3n) is 3.79. The van der Waals surface area contributed by atoms with Gasteiger partial charge in [0.2, 0.25) is 11.8 Å². The molecule has 0 bridgehead atoms. The van der Waals surface area contributed by atoms with Gasteiger partial charge in [-0.25, -0.2) is 8.78 Å². The number of hydrogen-bond donors (Lipinski definition) is 3. The maximum atomic E-state index is 13.2. The number of benzene rings is 2. The van der Waals surface area contributed by atoms with Crippen molar-refractivity contribution in [3.8, 4) is 0 Å². The van der Waals surface area contributed by atoms with Gasteiger partial charge in [0.25, 0.3) is 5.69 Å². The number of amides is 2. The van der Waals surface area contributed by atoms with Gasteiger partial charge in [-0.1, -0.05) is 0 Å². The quantitative estimate of drug-likeness (QED) is 0.407. The lowest BCUT2D eigenvalue weighted by Gasteiger charge is -2.00. The average Bonchev–Trinajstić information content (AvgIpc) is 3.09. The molecule has 0 atom stereocenters. The van der Waals surface area contributed by atoms with Gasteiger partial charge in [0.15, 0.2) is 5.82 Å². The number of nitro benzene ring substituents is 1. The van der Waals surface area contributed by atoms with E-state index < -0.39 is 16.6 Å². The minimum Gasteiger partial charge on any atom is -0.399 e. The van der Waals surface area contributed by atoms with E-state index in [0.717, 1.165) is 6.07 Å². The molecule has 0 aromatic heterocycles. The molecule has 0 saturated heterocycles. The fourth-order valence-corrected chi connectivity index (χ4v) is 2.71. The number of carbonyl (C=O) groups is 2. The van der Waals surface area contributed by atoms with E-state index in [-0.39, 0.29) is 41.7 Å². The van der Waals surface area contributed by atoms with Crippen LogP contribution in [0.3, 0.4) is 0 Å². The smallest absolute Gasteiger partial charge is 0.272 e. The average molecular weight is 362 g/mol. The molecular formula is C16H12F2N4O4. The summed E-state index contributed by atoms with van der Waals surface area (Å²) in [4.78, 5) is 31.4. The van der Waals surface area contributed by atoms with Crippen molar-refractivity contribution in [2.75, 3.05) is 16.4 Å². The standard InChI is InChI=1S/C8H5FN2O3.C8H7FN2O/c9-6-3-5(11(13)14)1-4-2-7(12)10-8(4)6;9-6-3-5(10)1-4-2-7(12)11-8(4)6/h1,3H,2H2,(H,10,12);1,3H,2,10H2,(H,11,12). The van der Waals surface area contributed by atoms with E-state index in [1.165, 1.54) is 12.1 Å². The van der Waals surface area contributed by atoms with Gasteiger partial charge in [0.05, 0.1) is 35.2 Å². The SMILES string of the molecule is Nc1cc(F)c2c(c1)CC(=O)N2.O=C1Cc2cc([N+](=O)[O-])cc(F)c2N1. The number of nitro groups is 1. The second-order valence-electron chi connectivity index (χ2n) is 5.71. The summed E-state index contributed by atoms with van der Waals surface area (Å²) in [7, 11) is 0. The van der Waals surface area contributed by atoms with E-state index in [1.54, 1.807) is 6.07 Å². The zero-order valence-electron chi connectivity index (χ0n) is 13.1. The van der Waals surface area contributed by atoms with Crippen molar-refractivity contribution < 1.29 is 23.3 Å². The first-order chi connectivity index (χ1) is 12.2. The highest BCUT2D eigenvalue weighted by Gasteiger charge is 2.24. The topological polar surface area (TPSA) is 127 Å². The van der Waals surface area contributed by atoms with Gasteiger partial charge in [-0.3, -0.25) is 19.7 Å². The largest absolute Gasteiger partial charge is 0.399 e. The number of carbonyl (C=O) groups excluding carboxylic acids is 2. The Morgan fingerprint density at radius 2 is 1.42 bits per heavy atom. The van der Waals surface area contributed by atoms with E-state index in [2.05, 4.69) is 10.6 Å². The van der Waals surface area contributed by atoms with Gasteiger partial charge in [-0.05, 0) is 23.3 Å². The van der Waals surface area contributed by atoms with Crippen LogP contribution < -0.4 is 16.4 Å². The monoisotopic (exact) mass is 362 g/mol. The van der Waals surface area contributed by atoms with E-state index >= 15 is 0 Å².